The number of carbonyl (C=O) groups is 1. The number of likely N-dealkylation sites (N-methyl/N-ethyl adjacent to an activating group) is 1. The first-order valence-corrected chi connectivity index (χ1v) is 4.93. The summed E-state index contributed by atoms with van der Waals surface area (Å²) in [5, 5.41) is 27.5. The first kappa shape index (κ1) is 13.1. The van der Waals surface area contributed by atoms with Crippen molar-refractivity contribution in [2.45, 2.75) is 6.54 Å². The van der Waals surface area contributed by atoms with E-state index in [0.29, 0.717) is 12.1 Å². The van der Waals surface area contributed by atoms with Gasteiger partial charge in [-0.3, -0.25) is 9.69 Å². The summed E-state index contributed by atoms with van der Waals surface area (Å²) in [6.07, 6.45) is 0. The molecule has 1 rings (SSSR count). The van der Waals surface area contributed by atoms with Gasteiger partial charge in [0.2, 0.25) is 5.75 Å². The summed E-state index contributed by atoms with van der Waals surface area (Å²) >= 11 is 0. The Kier molecular flexibility index (Phi) is 4.17. The highest BCUT2D eigenvalue weighted by Crippen LogP contribution is 2.36. The van der Waals surface area contributed by atoms with Gasteiger partial charge >= 0.3 is 5.97 Å². The summed E-state index contributed by atoms with van der Waals surface area (Å²) in [7, 11) is 3.02. The van der Waals surface area contributed by atoms with Gasteiger partial charge < -0.3 is 20.1 Å². The van der Waals surface area contributed by atoms with E-state index in [-0.39, 0.29) is 23.8 Å². The molecule has 0 heterocycles. The first-order chi connectivity index (χ1) is 7.93. The maximum Gasteiger partial charge on any atom is 0.317 e. The maximum absolute atomic E-state index is 10.5. The lowest BCUT2D eigenvalue weighted by atomic mass is 10.1. The molecule has 1 aromatic rings. The molecule has 1 aromatic carbocycles. The van der Waals surface area contributed by atoms with Crippen molar-refractivity contribution in [3.8, 4) is 17.2 Å². The molecule has 0 fully saturated rings. The molecule has 0 aromatic heterocycles. The molecule has 3 N–H and O–H groups in total. The number of aliphatic carboxylic acids is 1. The molecule has 6 heteroatoms. The predicted octanol–water partition coefficient (Wildman–Crippen LogP) is 0.623. The number of benzene rings is 1. The zero-order chi connectivity index (χ0) is 13.0. The Morgan fingerprint density at radius 1 is 1.41 bits per heavy atom. The SMILES string of the molecule is COc1cc(CN(C)CC(=O)O)cc(O)c1O. The number of hydrogen-bond donors (Lipinski definition) is 3. The van der Waals surface area contributed by atoms with Gasteiger partial charge in [0.05, 0.1) is 13.7 Å². The average Bonchev–Trinajstić information content (AvgIpc) is 2.21. The number of rotatable bonds is 5. The van der Waals surface area contributed by atoms with Gasteiger partial charge in [-0.25, -0.2) is 0 Å². The molecule has 94 valence electrons. The van der Waals surface area contributed by atoms with Crippen LogP contribution in [0.4, 0.5) is 0 Å². The number of hydrogen-bond acceptors (Lipinski definition) is 5. The van der Waals surface area contributed by atoms with Crippen LogP contribution >= 0.6 is 0 Å². The third kappa shape index (κ3) is 3.53. The highest BCUT2D eigenvalue weighted by atomic mass is 16.5. The van der Waals surface area contributed by atoms with Crippen molar-refractivity contribution in [2.24, 2.45) is 0 Å². The fraction of sp³-hybridized carbons (Fsp3) is 0.364. The van der Waals surface area contributed by atoms with E-state index in [9.17, 15) is 15.0 Å². The number of nitrogens with zero attached hydrogens (tertiary/aromatic N) is 1. The third-order valence-electron chi connectivity index (χ3n) is 2.19. The maximum atomic E-state index is 10.5. The molecule has 0 aliphatic heterocycles. The van der Waals surface area contributed by atoms with E-state index in [1.807, 2.05) is 0 Å². The van der Waals surface area contributed by atoms with Gasteiger partial charge in [0, 0.05) is 6.54 Å². The van der Waals surface area contributed by atoms with Crippen molar-refractivity contribution in [1.29, 1.82) is 0 Å². The fourth-order valence-electron chi connectivity index (χ4n) is 1.49. The predicted molar refractivity (Wildman–Crippen MR) is 60.3 cm³/mol. The van der Waals surface area contributed by atoms with Gasteiger partial charge in [0.25, 0.3) is 0 Å². The Balaban J connectivity index is 2.85. The Morgan fingerprint density at radius 3 is 2.59 bits per heavy atom. The molecule has 0 saturated carbocycles. The van der Waals surface area contributed by atoms with Crippen LogP contribution in [0.15, 0.2) is 12.1 Å². The van der Waals surface area contributed by atoms with Crippen LogP contribution in [0.25, 0.3) is 0 Å². The van der Waals surface area contributed by atoms with Crippen LogP contribution in [0.1, 0.15) is 5.56 Å². The largest absolute Gasteiger partial charge is 0.504 e. The molecule has 0 radical (unpaired) electrons. The molecule has 17 heavy (non-hydrogen) atoms. The molecule has 0 amide bonds. The lowest BCUT2D eigenvalue weighted by Gasteiger charge is -2.15. The van der Waals surface area contributed by atoms with Crippen LogP contribution in [0.2, 0.25) is 0 Å². The lowest BCUT2D eigenvalue weighted by molar-refractivity contribution is -0.138. The molecule has 0 saturated heterocycles. The van der Waals surface area contributed by atoms with Crippen molar-refractivity contribution < 1.29 is 24.9 Å². The summed E-state index contributed by atoms with van der Waals surface area (Å²) < 4.78 is 4.88. The van der Waals surface area contributed by atoms with Gasteiger partial charge in [-0.15, -0.1) is 0 Å². The van der Waals surface area contributed by atoms with Gasteiger partial charge in [0.15, 0.2) is 11.5 Å². The van der Waals surface area contributed by atoms with Gasteiger partial charge in [-0.05, 0) is 24.7 Å². The van der Waals surface area contributed by atoms with Crippen molar-refractivity contribution in [1.82, 2.24) is 4.90 Å². The van der Waals surface area contributed by atoms with E-state index in [4.69, 9.17) is 9.84 Å². The van der Waals surface area contributed by atoms with Crippen molar-refractivity contribution in [2.75, 3.05) is 20.7 Å². The summed E-state index contributed by atoms with van der Waals surface area (Å²) in [6, 6.07) is 2.92. The lowest BCUT2D eigenvalue weighted by Crippen LogP contribution is -2.25. The number of aromatic hydroxyl groups is 2. The standard InChI is InChI=1S/C11H15NO5/c1-12(6-10(14)15)5-7-3-8(13)11(16)9(4-7)17-2/h3-4,13,16H,5-6H2,1-2H3,(H,14,15). The molecule has 0 spiro atoms. The van der Waals surface area contributed by atoms with Crippen molar-refractivity contribution >= 4 is 5.97 Å². The zero-order valence-corrected chi connectivity index (χ0v) is 9.67. The number of carboxylic acid groups (broad SMARTS) is 1. The van der Waals surface area contributed by atoms with Crippen LogP contribution < -0.4 is 4.74 Å². The van der Waals surface area contributed by atoms with E-state index >= 15 is 0 Å². The van der Waals surface area contributed by atoms with E-state index in [1.54, 1.807) is 18.0 Å². The van der Waals surface area contributed by atoms with Gasteiger partial charge in [-0.1, -0.05) is 0 Å². The Morgan fingerprint density at radius 2 is 2.06 bits per heavy atom. The van der Waals surface area contributed by atoms with Crippen LogP contribution in [0.5, 0.6) is 17.2 Å². The van der Waals surface area contributed by atoms with E-state index in [2.05, 4.69) is 0 Å². The molecule has 6 nitrogen and oxygen atoms in total. The topological polar surface area (TPSA) is 90.2 Å². The number of phenolic OH excluding ortho intramolecular Hbond substituents is 2. The van der Waals surface area contributed by atoms with E-state index < -0.39 is 5.97 Å². The highest BCUT2D eigenvalue weighted by Gasteiger charge is 2.11. The Hall–Kier alpha value is -1.95. The van der Waals surface area contributed by atoms with Gasteiger partial charge in [0.1, 0.15) is 0 Å². The van der Waals surface area contributed by atoms with Gasteiger partial charge in [-0.2, -0.15) is 0 Å². The number of methoxy groups -OCH3 is 1. The summed E-state index contributed by atoms with van der Waals surface area (Å²) in [4.78, 5) is 12.1. The van der Waals surface area contributed by atoms with Crippen LogP contribution in [0, 0.1) is 0 Å². The first-order valence-electron chi connectivity index (χ1n) is 4.93. The molecule has 0 atom stereocenters. The highest BCUT2D eigenvalue weighted by molar-refractivity contribution is 5.69. The minimum Gasteiger partial charge on any atom is -0.504 e. The van der Waals surface area contributed by atoms with Crippen molar-refractivity contribution in [3.05, 3.63) is 17.7 Å². The molecular weight excluding hydrogens is 226 g/mol. The number of carboxylic acids is 1. The molecule has 0 bridgehead atoms. The fourth-order valence-corrected chi connectivity index (χ4v) is 1.49. The van der Waals surface area contributed by atoms with Crippen molar-refractivity contribution in [3.63, 3.8) is 0 Å². The summed E-state index contributed by atoms with van der Waals surface area (Å²) in [6.45, 7) is 0.223. The molecular formula is C11H15NO5. The Bertz CT molecular complexity index is 419. The minimum absolute atomic E-state index is 0.107. The monoisotopic (exact) mass is 241 g/mol. The van der Waals surface area contributed by atoms with Crippen LogP contribution in [-0.4, -0.2) is 46.9 Å². The quantitative estimate of drug-likeness (QED) is 0.655. The summed E-state index contributed by atoms with van der Waals surface area (Å²) in [5.74, 6) is -1.38. The molecule has 0 unspecified atom stereocenters. The second kappa shape index (κ2) is 5.40. The number of phenols is 2. The summed E-state index contributed by atoms with van der Waals surface area (Å²) in [5.41, 5.74) is 0.654. The van der Waals surface area contributed by atoms with E-state index in [0.717, 1.165) is 0 Å². The van der Waals surface area contributed by atoms with Crippen LogP contribution in [-0.2, 0) is 11.3 Å². The normalized spacial score (nSPS) is 10.5. The second-order valence-corrected chi connectivity index (χ2v) is 3.73. The number of ether oxygens (including phenoxy) is 1. The smallest absolute Gasteiger partial charge is 0.317 e. The molecule has 0 aliphatic rings. The van der Waals surface area contributed by atoms with Crippen LogP contribution in [0.3, 0.4) is 0 Å². The Labute approximate surface area is 98.7 Å². The zero-order valence-electron chi connectivity index (χ0n) is 9.67. The van der Waals surface area contributed by atoms with E-state index in [1.165, 1.54) is 13.2 Å². The molecule has 0 aliphatic carbocycles. The third-order valence-corrected chi connectivity index (χ3v) is 2.19. The second-order valence-electron chi connectivity index (χ2n) is 3.73. The average molecular weight is 241 g/mol. The minimum atomic E-state index is -0.928.